The lowest BCUT2D eigenvalue weighted by Gasteiger charge is -2.10. The highest BCUT2D eigenvalue weighted by Gasteiger charge is 2.13. The van der Waals surface area contributed by atoms with E-state index in [2.05, 4.69) is 9.55 Å². The molecule has 0 amide bonds. The summed E-state index contributed by atoms with van der Waals surface area (Å²) in [5.74, 6) is -0.772. The van der Waals surface area contributed by atoms with Crippen LogP contribution in [0.2, 0.25) is 0 Å². The van der Waals surface area contributed by atoms with Crippen LogP contribution in [0.3, 0.4) is 0 Å². The van der Waals surface area contributed by atoms with Crippen LogP contribution in [0.5, 0.6) is 0 Å². The van der Waals surface area contributed by atoms with Crippen molar-refractivity contribution in [3.8, 4) is 5.69 Å². The number of H-pyrrole nitrogens is 1. The smallest absolute Gasteiger partial charge is 0.338 e. The van der Waals surface area contributed by atoms with Crippen LogP contribution in [-0.2, 0) is 4.74 Å². The molecule has 0 aliphatic heterocycles. The maximum absolute atomic E-state index is 12.1. The molecule has 0 radical (unpaired) electrons. The molecule has 0 aliphatic carbocycles. The summed E-state index contributed by atoms with van der Waals surface area (Å²) in [6, 6.07) is 14.6. The Balaban J connectivity index is 1.67. The van der Waals surface area contributed by atoms with Gasteiger partial charge in [-0.05, 0) is 62.4 Å². The molecule has 3 rings (SSSR count). The number of hydrogen-bond acceptors (Lipinski definition) is 3. The average Bonchev–Trinajstić information content (AvgIpc) is 3.23. The van der Waals surface area contributed by atoms with Crippen molar-refractivity contribution in [1.82, 2.24) is 9.55 Å². The number of benzene rings is 1. The minimum atomic E-state index is -0.512. The van der Waals surface area contributed by atoms with E-state index in [4.69, 9.17) is 4.74 Å². The molecule has 0 spiro atoms. The van der Waals surface area contributed by atoms with Gasteiger partial charge in [0.05, 0.1) is 11.3 Å². The van der Waals surface area contributed by atoms with Crippen LogP contribution < -0.4 is 0 Å². The van der Waals surface area contributed by atoms with E-state index in [0.717, 1.165) is 17.1 Å². The van der Waals surface area contributed by atoms with E-state index in [9.17, 15) is 9.59 Å². The average molecular weight is 322 g/mol. The SMILES string of the molecule is Cc1ccc(C)n1-c1ccc(C(=O)OCC(=O)c2ccc[nH]2)cc1. The molecule has 0 atom stereocenters. The minimum Gasteiger partial charge on any atom is -0.454 e. The van der Waals surface area contributed by atoms with Crippen LogP contribution in [0.15, 0.2) is 54.7 Å². The van der Waals surface area contributed by atoms with Gasteiger partial charge in [-0.3, -0.25) is 4.79 Å². The maximum atomic E-state index is 12.1. The topological polar surface area (TPSA) is 64.1 Å². The quantitative estimate of drug-likeness (QED) is 0.578. The molecule has 0 aliphatic rings. The monoisotopic (exact) mass is 322 g/mol. The van der Waals surface area contributed by atoms with Gasteiger partial charge in [0.1, 0.15) is 0 Å². The molecule has 2 heterocycles. The Morgan fingerprint density at radius 3 is 2.25 bits per heavy atom. The van der Waals surface area contributed by atoms with Crippen molar-refractivity contribution in [2.24, 2.45) is 0 Å². The second-order valence-corrected chi connectivity index (χ2v) is 5.58. The van der Waals surface area contributed by atoms with Crippen molar-refractivity contribution >= 4 is 11.8 Å². The van der Waals surface area contributed by atoms with E-state index in [1.807, 2.05) is 38.1 Å². The molecule has 0 unspecified atom stereocenters. The Morgan fingerprint density at radius 1 is 1.00 bits per heavy atom. The zero-order valence-electron chi connectivity index (χ0n) is 13.6. The predicted octanol–water partition coefficient (Wildman–Crippen LogP) is 3.46. The summed E-state index contributed by atoms with van der Waals surface area (Å²) in [6.45, 7) is 3.78. The van der Waals surface area contributed by atoms with E-state index >= 15 is 0 Å². The Kier molecular flexibility index (Phi) is 4.33. The fourth-order valence-electron chi connectivity index (χ4n) is 2.62. The molecule has 0 fully saturated rings. The third-order valence-corrected chi connectivity index (χ3v) is 3.87. The van der Waals surface area contributed by atoms with Crippen LogP contribution in [-0.4, -0.2) is 27.9 Å². The number of aromatic nitrogens is 2. The molecule has 5 nitrogen and oxygen atoms in total. The lowest BCUT2D eigenvalue weighted by molar-refractivity contribution is 0.0473. The molecule has 0 saturated carbocycles. The number of Topliss-reactive ketones (excluding diaryl/α,β-unsaturated/α-hetero) is 1. The molecule has 24 heavy (non-hydrogen) atoms. The van der Waals surface area contributed by atoms with Gasteiger partial charge in [0.15, 0.2) is 6.61 Å². The van der Waals surface area contributed by atoms with Gasteiger partial charge in [0, 0.05) is 23.3 Å². The van der Waals surface area contributed by atoms with Crippen molar-refractivity contribution in [3.05, 3.63) is 77.4 Å². The van der Waals surface area contributed by atoms with Crippen LogP contribution in [0.1, 0.15) is 32.2 Å². The number of carbonyl (C=O) groups excluding carboxylic acids is 2. The number of aromatic amines is 1. The molecule has 5 heteroatoms. The highest BCUT2D eigenvalue weighted by atomic mass is 16.5. The van der Waals surface area contributed by atoms with E-state index in [-0.39, 0.29) is 12.4 Å². The lowest BCUT2D eigenvalue weighted by Crippen LogP contribution is -2.14. The number of ketones is 1. The summed E-state index contributed by atoms with van der Waals surface area (Å²) < 4.78 is 7.18. The fourth-order valence-corrected chi connectivity index (χ4v) is 2.62. The first-order chi connectivity index (χ1) is 11.6. The van der Waals surface area contributed by atoms with Crippen molar-refractivity contribution in [1.29, 1.82) is 0 Å². The number of aryl methyl sites for hydroxylation is 2. The number of nitrogens with zero attached hydrogens (tertiary/aromatic N) is 1. The maximum Gasteiger partial charge on any atom is 0.338 e. The largest absolute Gasteiger partial charge is 0.454 e. The number of rotatable bonds is 5. The second-order valence-electron chi connectivity index (χ2n) is 5.58. The molecule has 1 N–H and O–H groups in total. The van der Waals surface area contributed by atoms with Gasteiger partial charge >= 0.3 is 5.97 Å². The first-order valence-corrected chi connectivity index (χ1v) is 7.65. The molecular weight excluding hydrogens is 304 g/mol. The third-order valence-electron chi connectivity index (χ3n) is 3.87. The number of carbonyl (C=O) groups is 2. The van der Waals surface area contributed by atoms with Crippen molar-refractivity contribution < 1.29 is 14.3 Å². The summed E-state index contributed by atoms with van der Waals surface area (Å²) in [5.41, 5.74) is 4.07. The van der Waals surface area contributed by atoms with E-state index < -0.39 is 5.97 Å². The van der Waals surface area contributed by atoms with Crippen LogP contribution in [0.25, 0.3) is 5.69 Å². The number of esters is 1. The molecular formula is C19H18N2O3. The van der Waals surface area contributed by atoms with Crippen LogP contribution in [0.4, 0.5) is 0 Å². The van der Waals surface area contributed by atoms with Gasteiger partial charge in [-0.1, -0.05) is 0 Å². The second kappa shape index (κ2) is 6.58. The van der Waals surface area contributed by atoms with Crippen molar-refractivity contribution in [2.75, 3.05) is 6.61 Å². The molecule has 122 valence electrons. The summed E-state index contributed by atoms with van der Waals surface area (Å²) in [7, 11) is 0. The van der Waals surface area contributed by atoms with Gasteiger partial charge in [0.25, 0.3) is 0 Å². The van der Waals surface area contributed by atoms with Gasteiger partial charge in [-0.25, -0.2) is 4.79 Å². The van der Waals surface area contributed by atoms with E-state index in [1.165, 1.54) is 0 Å². The minimum absolute atomic E-state index is 0.261. The highest BCUT2D eigenvalue weighted by Crippen LogP contribution is 2.17. The van der Waals surface area contributed by atoms with Gasteiger partial charge in [-0.15, -0.1) is 0 Å². The van der Waals surface area contributed by atoms with Crippen molar-refractivity contribution in [3.63, 3.8) is 0 Å². The Labute approximate surface area is 139 Å². The summed E-state index contributed by atoms with van der Waals surface area (Å²) in [4.78, 5) is 26.7. The van der Waals surface area contributed by atoms with Gasteiger partial charge in [-0.2, -0.15) is 0 Å². The predicted molar refractivity (Wildman–Crippen MR) is 90.6 cm³/mol. The number of nitrogens with one attached hydrogen (secondary N) is 1. The van der Waals surface area contributed by atoms with Crippen LogP contribution >= 0.6 is 0 Å². The summed E-state index contributed by atoms with van der Waals surface area (Å²) in [5, 5.41) is 0. The van der Waals surface area contributed by atoms with Crippen LogP contribution in [0, 0.1) is 13.8 Å². The zero-order chi connectivity index (χ0) is 17.1. The Morgan fingerprint density at radius 2 is 1.67 bits per heavy atom. The highest BCUT2D eigenvalue weighted by molar-refractivity contribution is 5.98. The zero-order valence-corrected chi connectivity index (χ0v) is 13.6. The standard InChI is InChI=1S/C19H18N2O3/c1-13-5-6-14(2)21(13)16-9-7-15(8-10-16)19(23)24-12-18(22)17-4-3-11-20-17/h3-11,20H,12H2,1-2H3. The Bertz CT molecular complexity index is 839. The summed E-state index contributed by atoms with van der Waals surface area (Å²) in [6.07, 6.45) is 1.65. The molecule has 0 bridgehead atoms. The molecule has 1 aromatic carbocycles. The Hall–Kier alpha value is -3.08. The lowest BCUT2D eigenvalue weighted by atomic mass is 10.2. The first kappa shape index (κ1) is 15.8. The molecule has 0 saturated heterocycles. The van der Waals surface area contributed by atoms with Gasteiger partial charge in [0.2, 0.25) is 5.78 Å². The normalized spacial score (nSPS) is 10.6. The number of hydrogen-bond donors (Lipinski definition) is 1. The number of ether oxygens (including phenoxy) is 1. The van der Waals surface area contributed by atoms with E-state index in [0.29, 0.717) is 11.3 Å². The molecule has 2 aromatic heterocycles. The van der Waals surface area contributed by atoms with Gasteiger partial charge < -0.3 is 14.3 Å². The summed E-state index contributed by atoms with van der Waals surface area (Å²) >= 11 is 0. The third kappa shape index (κ3) is 3.15. The fraction of sp³-hybridized carbons (Fsp3) is 0.158. The van der Waals surface area contributed by atoms with Crippen molar-refractivity contribution in [2.45, 2.75) is 13.8 Å². The first-order valence-electron chi connectivity index (χ1n) is 7.65. The van der Waals surface area contributed by atoms with E-state index in [1.54, 1.807) is 30.5 Å². The molecule has 3 aromatic rings.